The van der Waals surface area contributed by atoms with Crippen LogP contribution in [0.3, 0.4) is 0 Å². The first kappa shape index (κ1) is 14.0. The summed E-state index contributed by atoms with van der Waals surface area (Å²) in [6.07, 6.45) is 0.864. The predicted octanol–water partition coefficient (Wildman–Crippen LogP) is 3.42. The smallest absolute Gasteiger partial charge is 0.131 e. The second kappa shape index (κ2) is 5.45. The van der Waals surface area contributed by atoms with Crippen LogP contribution in [0.4, 0.5) is 14.5 Å². The fraction of sp³-hybridized carbons (Fsp3) is 0.294. The molecule has 110 valence electrons. The number of halogens is 2. The first-order valence-corrected chi connectivity index (χ1v) is 7.13. The zero-order valence-corrected chi connectivity index (χ0v) is 11.9. The quantitative estimate of drug-likeness (QED) is 0.937. The Morgan fingerprint density at radius 1 is 1.14 bits per heavy atom. The SMILES string of the molecule is CC1Cc2ccccc2N1C(CN)c1c(F)cccc1F. The van der Waals surface area contributed by atoms with Crippen LogP contribution in [0.25, 0.3) is 0 Å². The van der Waals surface area contributed by atoms with Crippen molar-refractivity contribution in [2.24, 2.45) is 5.73 Å². The third-order valence-electron chi connectivity index (χ3n) is 4.15. The molecule has 0 saturated carbocycles. The second-order valence-corrected chi connectivity index (χ2v) is 5.48. The van der Waals surface area contributed by atoms with Crippen molar-refractivity contribution < 1.29 is 8.78 Å². The Bertz CT molecular complexity index is 637. The van der Waals surface area contributed by atoms with Crippen LogP contribution in [0.5, 0.6) is 0 Å². The number of hydrogen-bond acceptors (Lipinski definition) is 2. The van der Waals surface area contributed by atoms with Gasteiger partial charge in [-0.2, -0.15) is 0 Å². The summed E-state index contributed by atoms with van der Waals surface area (Å²) in [7, 11) is 0. The summed E-state index contributed by atoms with van der Waals surface area (Å²) in [5.74, 6) is -1.08. The summed E-state index contributed by atoms with van der Waals surface area (Å²) in [4.78, 5) is 2.04. The van der Waals surface area contributed by atoms with Gasteiger partial charge in [-0.1, -0.05) is 24.3 Å². The van der Waals surface area contributed by atoms with E-state index in [0.717, 1.165) is 12.1 Å². The number of nitrogens with two attached hydrogens (primary N) is 1. The monoisotopic (exact) mass is 288 g/mol. The van der Waals surface area contributed by atoms with Gasteiger partial charge in [0.05, 0.1) is 6.04 Å². The van der Waals surface area contributed by atoms with Gasteiger partial charge in [0.25, 0.3) is 0 Å². The zero-order valence-electron chi connectivity index (χ0n) is 11.9. The standard InChI is InChI=1S/C17H18F2N2/c1-11-9-12-5-2-3-8-15(12)21(11)16(10-20)17-13(18)6-4-7-14(17)19/h2-8,11,16H,9-10,20H2,1H3. The first-order valence-electron chi connectivity index (χ1n) is 7.13. The van der Waals surface area contributed by atoms with Crippen LogP contribution < -0.4 is 10.6 Å². The lowest BCUT2D eigenvalue weighted by Gasteiger charge is -2.34. The molecule has 4 heteroatoms. The summed E-state index contributed by atoms with van der Waals surface area (Å²) in [5.41, 5.74) is 8.14. The van der Waals surface area contributed by atoms with Crippen LogP contribution in [-0.2, 0) is 6.42 Å². The van der Waals surface area contributed by atoms with Crippen LogP contribution in [0.15, 0.2) is 42.5 Å². The third-order valence-corrected chi connectivity index (χ3v) is 4.15. The predicted molar refractivity (Wildman–Crippen MR) is 80.2 cm³/mol. The maximum atomic E-state index is 14.1. The van der Waals surface area contributed by atoms with Crippen molar-refractivity contribution in [3.8, 4) is 0 Å². The zero-order chi connectivity index (χ0) is 15.0. The van der Waals surface area contributed by atoms with Gasteiger partial charge < -0.3 is 10.6 Å². The Labute approximate surface area is 123 Å². The molecule has 2 aromatic carbocycles. The van der Waals surface area contributed by atoms with Gasteiger partial charge in [-0.3, -0.25) is 0 Å². The fourth-order valence-electron chi connectivity index (χ4n) is 3.26. The molecule has 0 aliphatic carbocycles. The van der Waals surface area contributed by atoms with Gasteiger partial charge in [0.15, 0.2) is 0 Å². The highest BCUT2D eigenvalue weighted by molar-refractivity contribution is 5.61. The molecule has 2 aromatic rings. The molecule has 0 saturated heterocycles. The highest BCUT2D eigenvalue weighted by Crippen LogP contribution is 2.39. The molecule has 0 aromatic heterocycles. The van der Waals surface area contributed by atoms with E-state index in [0.29, 0.717) is 0 Å². The Hall–Kier alpha value is -1.94. The van der Waals surface area contributed by atoms with E-state index in [4.69, 9.17) is 5.73 Å². The summed E-state index contributed by atoms with van der Waals surface area (Å²) >= 11 is 0. The molecule has 2 nitrogen and oxygen atoms in total. The molecular weight excluding hydrogens is 270 g/mol. The lowest BCUT2D eigenvalue weighted by Crippen LogP contribution is -2.38. The Kier molecular flexibility index (Phi) is 3.64. The lowest BCUT2D eigenvalue weighted by molar-refractivity contribution is 0.492. The number of benzene rings is 2. The summed E-state index contributed by atoms with van der Waals surface area (Å²) in [5, 5.41) is 0. The van der Waals surface area contributed by atoms with Crippen LogP contribution in [-0.4, -0.2) is 12.6 Å². The molecule has 3 rings (SSSR count). The van der Waals surface area contributed by atoms with Gasteiger partial charge in [0.1, 0.15) is 11.6 Å². The summed E-state index contributed by atoms with van der Waals surface area (Å²) in [6, 6.07) is 11.6. The molecule has 0 fully saturated rings. The van der Waals surface area contributed by atoms with Crippen molar-refractivity contribution in [3.05, 3.63) is 65.2 Å². The van der Waals surface area contributed by atoms with Gasteiger partial charge >= 0.3 is 0 Å². The van der Waals surface area contributed by atoms with E-state index in [1.807, 2.05) is 23.1 Å². The van der Waals surface area contributed by atoms with Gasteiger partial charge in [-0.25, -0.2) is 8.78 Å². The summed E-state index contributed by atoms with van der Waals surface area (Å²) in [6.45, 7) is 2.22. The van der Waals surface area contributed by atoms with Crippen molar-refractivity contribution in [1.82, 2.24) is 0 Å². The first-order chi connectivity index (χ1) is 10.1. The third kappa shape index (κ3) is 2.29. The van der Waals surface area contributed by atoms with E-state index in [2.05, 4.69) is 13.0 Å². The molecule has 21 heavy (non-hydrogen) atoms. The topological polar surface area (TPSA) is 29.3 Å². The minimum Gasteiger partial charge on any atom is -0.360 e. The molecule has 2 atom stereocenters. The van der Waals surface area contributed by atoms with Crippen LogP contribution in [0, 0.1) is 11.6 Å². The van der Waals surface area contributed by atoms with Gasteiger partial charge in [0.2, 0.25) is 0 Å². The Morgan fingerprint density at radius 2 is 1.81 bits per heavy atom. The average Bonchev–Trinajstić information content (AvgIpc) is 2.79. The molecule has 1 heterocycles. The summed E-state index contributed by atoms with van der Waals surface area (Å²) < 4.78 is 28.2. The van der Waals surface area contributed by atoms with Crippen molar-refractivity contribution >= 4 is 5.69 Å². The fourth-order valence-corrected chi connectivity index (χ4v) is 3.26. The van der Waals surface area contributed by atoms with Crippen LogP contribution in [0.2, 0.25) is 0 Å². The minimum atomic E-state index is -0.540. The Morgan fingerprint density at radius 3 is 2.48 bits per heavy atom. The van der Waals surface area contributed by atoms with Gasteiger partial charge in [0, 0.05) is 23.8 Å². The van der Waals surface area contributed by atoms with E-state index < -0.39 is 17.7 Å². The molecule has 0 bridgehead atoms. The normalized spacial score (nSPS) is 18.7. The lowest BCUT2D eigenvalue weighted by atomic mass is 10.0. The largest absolute Gasteiger partial charge is 0.360 e. The van der Waals surface area contributed by atoms with E-state index in [1.54, 1.807) is 0 Å². The van der Waals surface area contributed by atoms with Crippen molar-refractivity contribution in [2.75, 3.05) is 11.4 Å². The highest BCUT2D eigenvalue weighted by atomic mass is 19.1. The molecule has 0 amide bonds. The molecule has 2 N–H and O–H groups in total. The van der Waals surface area contributed by atoms with Crippen molar-refractivity contribution in [2.45, 2.75) is 25.4 Å². The Balaban J connectivity index is 2.09. The van der Waals surface area contributed by atoms with Gasteiger partial charge in [-0.05, 0) is 37.1 Å². The van der Waals surface area contributed by atoms with Crippen LogP contribution in [0.1, 0.15) is 24.1 Å². The molecule has 1 aliphatic heterocycles. The average molecular weight is 288 g/mol. The molecule has 2 unspecified atom stereocenters. The molecular formula is C17H18F2N2. The maximum Gasteiger partial charge on any atom is 0.131 e. The number of para-hydroxylation sites is 1. The van der Waals surface area contributed by atoms with E-state index in [-0.39, 0.29) is 18.2 Å². The number of nitrogens with zero attached hydrogens (tertiary/aromatic N) is 1. The maximum absolute atomic E-state index is 14.1. The van der Waals surface area contributed by atoms with E-state index >= 15 is 0 Å². The van der Waals surface area contributed by atoms with Gasteiger partial charge in [-0.15, -0.1) is 0 Å². The van der Waals surface area contributed by atoms with Crippen molar-refractivity contribution in [3.63, 3.8) is 0 Å². The number of fused-ring (bicyclic) bond motifs is 1. The van der Waals surface area contributed by atoms with Crippen molar-refractivity contribution in [1.29, 1.82) is 0 Å². The van der Waals surface area contributed by atoms with E-state index in [1.165, 1.54) is 23.8 Å². The number of anilines is 1. The molecule has 0 radical (unpaired) electrons. The number of hydrogen-bond donors (Lipinski definition) is 1. The number of rotatable bonds is 3. The van der Waals surface area contributed by atoms with Crippen LogP contribution >= 0.6 is 0 Å². The molecule has 1 aliphatic rings. The van der Waals surface area contributed by atoms with E-state index in [9.17, 15) is 8.78 Å². The minimum absolute atomic E-state index is 0.0588. The highest BCUT2D eigenvalue weighted by Gasteiger charge is 2.34. The molecule has 0 spiro atoms. The second-order valence-electron chi connectivity index (χ2n) is 5.48.